The van der Waals surface area contributed by atoms with Crippen molar-refractivity contribution in [3.05, 3.63) is 34.4 Å². The molecule has 4 aliphatic rings. The summed E-state index contributed by atoms with van der Waals surface area (Å²) in [5.74, 6) is -1.69. The van der Waals surface area contributed by atoms with Crippen LogP contribution < -0.4 is 25.4 Å². The fourth-order valence-electron chi connectivity index (χ4n) is 8.20. The van der Waals surface area contributed by atoms with Crippen molar-refractivity contribution in [2.45, 2.75) is 62.3 Å². The molecule has 4 aliphatic heterocycles. The molecule has 3 N–H and O–H groups in total. The lowest BCUT2D eigenvalue weighted by molar-refractivity contribution is 0.107. The van der Waals surface area contributed by atoms with Crippen LogP contribution >= 0.6 is 22.9 Å². The van der Waals surface area contributed by atoms with E-state index in [0.29, 0.717) is 25.9 Å². The number of hydrogen-bond donors (Lipinski definition) is 2. The highest BCUT2D eigenvalue weighted by Gasteiger charge is 2.49. The van der Waals surface area contributed by atoms with E-state index in [2.05, 4.69) is 15.3 Å². The van der Waals surface area contributed by atoms with Gasteiger partial charge < -0.3 is 25.4 Å². The van der Waals surface area contributed by atoms with Gasteiger partial charge in [0.05, 0.1) is 38.8 Å². The highest BCUT2D eigenvalue weighted by atomic mass is 35.5. The largest absolute Gasteiger partial charge is 0.489 e. The predicted molar refractivity (Wildman–Crippen MR) is 177 cm³/mol. The monoisotopic (exact) mass is 719 g/mol. The van der Waals surface area contributed by atoms with Crippen molar-refractivity contribution in [3.63, 3.8) is 0 Å². The predicted octanol–water partition coefficient (Wildman–Crippen LogP) is 6.44. The van der Waals surface area contributed by atoms with Crippen molar-refractivity contribution >= 4 is 54.7 Å². The van der Waals surface area contributed by atoms with Crippen LogP contribution in [0.1, 0.15) is 37.7 Å². The number of rotatable bonds is 7. The van der Waals surface area contributed by atoms with Crippen LogP contribution in [0.3, 0.4) is 0 Å². The molecule has 3 saturated heterocycles. The fourth-order valence-corrected chi connectivity index (χ4v) is 9.48. The van der Waals surface area contributed by atoms with Gasteiger partial charge in [-0.25, -0.2) is 22.0 Å². The van der Waals surface area contributed by atoms with Crippen molar-refractivity contribution < 1.29 is 31.4 Å². The van der Waals surface area contributed by atoms with Gasteiger partial charge in [-0.15, -0.1) is 11.3 Å². The second-order valence-corrected chi connectivity index (χ2v) is 14.6. The van der Waals surface area contributed by atoms with E-state index >= 15 is 8.78 Å². The average Bonchev–Trinajstić information content (AvgIpc) is 3.84. The van der Waals surface area contributed by atoms with Crippen LogP contribution in [0.5, 0.6) is 11.8 Å². The highest BCUT2D eigenvalue weighted by Crippen LogP contribution is 2.51. The summed E-state index contributed by atoms with van der Waals surface area (Å²) in [6.45, 7) is 0.867. The summed E-state index contributed by atoms with van der Waals surface area (Å²) >= 11 is 7.84. The minimum absolute atomic E-state index is 0.0184. The minimum Gasteiger partial charge on any atom is -0.489 e. The maximum Gasteiger partial charge on any atom is 0.319 e. The van der Waals surface area contributed by atoms with Crippen LogP contribution in [0.25, 0.3) is 32.1 Å². The third-order valence-corrected chi connectivity index (χ3v) is 11.7. The van der Waals surface area contributed by atoms with Gasteiger partial charge in [-0.1, -0.05) is 17.7 Å². The van der Waals surface area contributed by atoms with E-state index in [9.17, 15) is 18.4 Å². The first-order chi connectivity index (χ1) is 23.6. The first-order valence-corrected chi connectivity index (χ1v) is 17.4. The topological polar surface area (TPSA) is 113 Å². The summed E-state index contributed by atoms with van der Waals surface area (Å²) in [4.78, 5) is 12.5. The molecule has 0 saturated carbocycles. The van der Waals surface area contributed by atoms with E-state index in [0.717, 1.165) is 30.2 Å². The normalized spacial score (nSPS) is 25.3. The molecule has 9 nitrogen and oxygen atoms in total. The number of nitrogens with two attached hydrogens (primary N) is 1. The number of anilines is 2. The van der Waals surface area contributed by atoms with Gasteiger partial charge in [0.1, 0.15) is 47.6 Å². The molecule has 4 atom stereocenters. The molecule has 8 rings (SSSR count). The van der Waals surface area contributed by atoms with Crippen molar-refractivity contribution in [3.8, 4) is 29.0 Å². The van der Waals surface area contributed by atoms with Gasteiger partial charge >= 0.3 is 6.01 Å². The Labute approximate surface area is 286 Å². The number of nitriles is 1. The number of hydrogen-bond acceptors (Lipinski definition) is 10. The Kier molecular flexibility index (Phi) is 8.13. The zero-order chi connectivity index (χ0) is 34.2. The van der Waals surface area contributed by atoms with Crippen LogP contribution in [0, 0.1) is 23.0 Å². The van der Waals surface area contributed by atoms with E-state index in [1.54, 1.807) is 0 Å². The highest BCUT2D eigenvalue weighted by molar-refractivity contribution is 7.23. The number of thiophene rings is 1. The number of halogens is 6. The fraction of sp³-hybridized carbons (Fsp3) is 0.485. The summed E-state index contributed by atoms with van der Waals surface area (Å²) in [6, 6.07) is 3.25. The van der Waals surface area contributed by atoms with Gasteiger partial charge in [-0.2, -0.15) is 15.2 Å². The lowest BCUT2D eigenvalue weighted by Gasteiger charge is -2.35. The van der Waals surface area contributed by atoms with Crippen LogP contribution in [-0.4, -0.2) is 84.5 Å². The molecule has 6 heterocycles. The number of aromatic nitrogens is 2. The Morgan fingerprint density at radius 1 is 1.24 bits per heavy atom. The molecule has 0 aliphatic carbocycles. The molecule has 0 bridgehead atoms. The number of nitrogens with one attached hydrogen (secondary N) is 1. The summed E-state index contributed by atoms with van der Waals surface area (Å²) in [5, 5.41) is 13.2. The lowest BCUT2D eigenvalue weighted by atomic mass is 9.95. The molecule has 3 fully saturated rings. The third-order valence-electron chi connectivity index (χ3n) is 10.3. The first kappa shape index (κ1) is 32.5. The Balaban J connectivity index is 1.36. The molecule has 16 heteroatoms. The molecule has 258 valence electrons. The molecule has 0 amide bonds. The smallest absolute Gasteiger partial charge is 0.319 e. The van der Waals surface area contributed by atoms with Crippen LogP contribution in [0.2, 0.25) is 5.02 Å². The molecule has 0 radical (unpaired) electrons. The van der Waals surface area contributed by atoms with E-state index in [1.807, 2.05) is 11.0 Å². The number of ether oxygens (including phenoxy) is 2. The van der Waals surface area contributed by atoms with Crippen molar-refractivity contribution in [1.82, 2.24) is 20.2 Å². The first-order valence-electron chi connectivity index (χ1n) is 16.2. The van der Waals surface area contributed by atoms with Crippen LogP contribution in [-0.2, 0) is 0 Å². The number of nitrogen functional groups attached to an aromatic ring is 1. The number of nitrogens with zero attached hydrogens (tertiary/aromatic N) is 5. The van der Waals surface area contributed by atoms with Gasteiger partial charge in [0.25, 0.3) is 6.43 Å². The Bertz CT molecular complexity index is 2020. The van der Waals surface area contributed by atoms with E-state index in [-0.39, 0.29) is 97.5 Å². The maximum atomic E-state index is 17.2. The number of benzene rings is 2. The van der Waals surface area contributed by atoms with Crippen molar-refractivity contribution in [2.75, 3.05) is 50.0 Å². The summed E-state index contributed by atoms with van der Waals surface area (Å²) < 4.78 is 87.9. The molecule has 4 aromatic rings. The summed E-state index contributed by atoms with van der Waals surface area (Å²) in [7, 11) is 0. The zero-order valence-corrected chi connectivity index (χ0v) is 27.6. The standard InChI is InChI=1S/C33H31ClF5N7O2S/c34-25-23(16-4-5-18(36)29-22(16)17(10-40)30(41)49-29)26(39)27-24-28(25)47-13-20(19-3-1-7-42-19)46(12-21(37)38)31(24)44-32(43-27)48-14-33-6-2-8-45(33)11-15(35)9-33/h4-5,15,19-21,42H,1-3,6-9,11-14,41H2/t15-,19?,20?,33+/m1/s1. The summed E-state index contributed by atoms with van der Waals surface area (Å²) in [5.41, 5.74) is 4.98. The zero-order valence-electron chi connectivity index (χ0n) is 26.0. The van der Waals surface area contributed by atoms with Gasteiger partial charge in [-0.3, -0.25) is 4.90 Å². The quantitative estimate of drug-likeness (QED) is 0.209. The van der Waals surface area contributed by atoms with Gasteiger partial charge in [0.2, 0.25) is 0 Å². The Morgan fingerprint density at radius 2 is 2.08 bits per heavy atom. The molecular weight excluding hydrogens is 689 g/mol. The minimum atomic E-state index is -2.79. The SMILES string of the molecule is N#Cc1c(N)sc2c(F)ccc(-c3c(Cl)c4c5c(nc(OC[C@@]67CCCN6C[C@H](F)C7)nc5c3F)N(CC(F)F)C(C3CCCN3)CO4)c12. The number of fused-ring (bicyclic) bond motifs is 2. The second-order valence-electron chi connectivity index (χ2n) is 13.1. The van der Waals surface area contributed by atoms with Gasteiger partial charge in [0.15, 0.2) is 11.6 Å². The molecule has 49 heavy (non-hydrogen) atoms. The lowest BCUT2D eigenvalue weighted by Crippen LogP contribution is -2.52. The van der Waals surface area contributed by atoms with Gasteiger partial charge in [-0.05, 0) is 50.4 Å². The average molecular weight is 720 g/mol. The van der Waals surface area contributed by atoms with E-state index in [1.165, 1.54) is 11.0 Å². The molecule has 2 aromatic heterocycles. The summed E-state index contributed by atoms with van der Waals surface area (Å²) in [6.07, 6.45) is -0.487. The molecule has 2 aromatic carbocycles. The Morgan fingerprint density at radius 3 is 2.84 bits per heavy atom. The number of alkyl halides is 3. The molecule has 2 unspecified atom stereocenters. The Hall–Kier alpha value is -3.71. The van der Waals surface area contributed by atoms with Crippen LogP contribution in [0.15, 0.2) is 12.1 Å². The van der Waals surface area contributed by atoms with E-state index < -0.39 is 42.4 Å². The molecular formula is C33H31ClF5N7O2S. The van der Waals surface area contributed by atoms with Crippen molar-refractivity contribution in [2.24, 2.45) is 0 Å². The molecule has 0 spiro atoms. The third kappa shape index (κ3) is 5.21. The maximum absolute atomic E-state index is 17.2. The van der Waals surface area contributed by atoms with Gasteiger partial charge in [0, 0.05) is 30.0 Å². The van der Waals surface area contributed by atoms with E-state index in [4.69, 9.17) is 26.8 Å². The second kappa shape index (κ2) is 12.3. The van der Waals surface area contributed by atoms with Crippen molar-refractivity contribution in [1.29, 1.82) is 5.26 Å². The van der Waals surface area contributed by atoms with Crippen LogP contribution in [0.4, 0.5) is 32.8 Å².